The van der Waals surface area contributed by atoms with Crippen molar-refractivity contribution in [2.24, 2.45) is 0 Å². The summed E-state index contributed by atoms with van der Waals surface area (Å²) in [5.74, 6) is 2.73. The van der Waals surface area contributed by atoms with Gasteiger partial charge >= 0.3 is 0 Å². The molecule has 25 heavy (non-hydrogen) atoms. The summed E-state index contributed by atoms with van der Waals surface area (Å²) in [6, 6.07) is 4.83. The van der Waals surface area contributed by atoms with E-state index in [1.54, 1.807) is 13.3 Å². The predicted octanol–water partition coefficient (Wildman–Crippen LogP) is 2.82. The Morgan fingerprint density at radius 1 is 1.24 bits per heavy atom. The fourth-order valence-electron chi connectivity index (χ4n) is 3.50. The summed E-state index contributed by atoms with van der Waals surface area (Å²) in [7, 11) is 1.69. The summed E-state index contributed by atoms with van der Waals surface area (Å²) in [6.07, 6.45) is 5.79. The third kappa shape index (κ3) is 4.25. The molecule has 1 atom stereocenters. The van der Waals surface area contributed by atoms with Gasteiger partial charge in [0, 0.05) is 48.7 Å². The van der Waals surface area contributed by atoms with E-state index in [1.165, 1.54) is 0 Å². The van der Waals surface area contributed by atoms with Crippen LogP contribution in [0.2, 0.25) is 0 Å². The van der Waals surface area contributed by atoms with E-state index in [0.29, 0.717) is 6.04 Å². The van der Waals surface area contributed by atoms with Gasteiger partial charge in [-0.1, -0.05) is 0 Å². The average Bonchev–Trinajstić information content (AvgIpc) is 2.61. The predicted molar refractivity (Wildman–Crippen MR) is 99.1 cm³/mol. The van der Waals surface area contributed by atoms with Gasteiger partial charge < -0.3 is 15.0 Å². The van der Waals surface area contributed by atoms with E-state index >= 15 is 0 Å². The lowest BCUT2D eigenvalue weighted by atomic mass is 10.0. The molecular formula is C19H27N5O. The maximum Gasteiger partial charge on any atom is 0.141 e. The normalized spacial score (nSPS) is 16.7. The Labute approximate surface area is 149 Å². The van der Waals surface area contributed by atoms with Crippen molar-refractivity contribution >= 4 is 5.82 Å². The highest BCUT2D eigenvalue weighted by Gasteiger charge is 2.23. The standard InChI is InChI=1S/C19H27N5O/c1-13-11-19(23-15(3)21-13)24-9-6-16(7-10-24)22-14(2)17-5-8-20-12-18(17)25-4/h5,8,11-12,14,16,22H,6-7,9-10H2,1-4H3. The van der Waals surface area contributed by atoms with E-state index in [1.807, 2.05) is 26.1 Å². The molecule has 0 aromatic carbocycles. The van der Waals surface area contributed by atoms with Gasteiger partial charge in [0.2, 0.25) is 0 Å². The van der Waals surface area contributed by atoms with Gasteiger partial charge in [-0.05, 0) is 39.7 Å². The second kappa shape index (κ2) is 7.78. The second-order valence-corrected chi connectivity index (χ2v) is 6.68. The molecule has 0 radical (unpaired) electrons. The van der Waals surface area contributed by atoms with Crippen molar-refractivity contribution < 1.29 is 4.74 Å². The van der Waals surface area contributed by atoms with Crippen LogP contribution >= 0.6 is 0 Å². The molecule has 1 aliphatic heterocycles. The molecule has 1 N–H and O–H groups in total. The molecule has 134 valence electrons. The number of rotatable bonds is 5. The summed E-state index contributed by atoms with van der Waals surface area (Å²) >= 11 is 0. The molecule has 6 nitrogen and oxygen atoms in total. The number of ether oxygens (including phenoxy) is 1. The number of piperidine rings is 1. The lowest BCUT2D eigenvalue weighted by Gasteiger charge is -2.35. The van der Waals surface area contributed by atoms with Gasteiger partial charge in [0.25, 0.3) is 0 Å². The Kier molecular flexibility index (Phi) is 5.48. The zero-order valence-electron chi connectivity index (χ0n) is 15.5. The van der Waals surface area contributed by atoms with Gasteiger partial charge in [0.1, 0.15) is 17.4 Å². The molecular weight excluding hydrogens is 314 g/mol. The van der Waals surface area contributed by atoms with Crippen LogP contribution in [0.4, 0.5) is 5.82 Å². The molecule has 0 aliphatic carbocycles. The summed E-state index contributed by atoms with van der Waals surface area (Å²) in [5, 5.41) is 3.74. The van der Waals surface area contributed by atoms with Gasteiger partial charge in [-0.3, -0.25) is 4.98 Å². The van der Waals surface area contributed by atoms with Crippen LogP contribution in [0.25, 0.3) is 0 Å². The Morgan fingerprint density at radius 2 is 2.00 bits per heavy atom. The molecule has 2 aromatic heterocycles. The summed E-state index contributed by atoms with van der Waals surface area (Å²) in [6.45, 7) is 8.17. The highest BCUT2D eigenvalue weighted by Crippen LogP contribution is 2.26. The van der Waals surface area contributed by atoms with Gasteiger partial charge in [-0.2, -0.15) is 0 Å². The van der Waals surface area contributed by atoms with E-state index in [-0.39, 0.29) is 6.04 Å². The molecule has 1 fully saturated rings. The zero-order chi connectivity index (χ0) is 17.8. The van der Waals surface area contributed by atoms with Crippen LogP contribution in [0.3, 0.4) is 0 Å². The average molecular weight is 341 g/mol. The first-order chi connectivity index (χ1) is 12.1. The van der Waals surface area contributed by atoms with Gasteiger partial charge in [0.15, 0.2) is 0 Å². The molecule has 1 aliphatic rings. The molecule has 1 saturated heterocycles. The number of hydrogen-bond donors (Lipinski definition) is 1. The number of nitrogens with one attached hydrogen (secondary N) is 1. The number of anilines is 1. The van der Waals surface area contributed by atoms with Crippen LogP contribution < -0.4 is 15.0 Å². The third-order valence-corrected chi connectivity index (χ3v) is 4.76. The molecule has 1 unspecified atom stereocenters. The first kappa shape index (κ1) is 17.6. The van der Waals surface area contributed by atoms with E-state index in [4.69, 9.17) is 4.74 Å². The minimum absolute atomic E-state index is 0.234. The van der Waals surface area contributed by atoms with Crippen molar-refractivity contribution in [1.82, 2.24) is 20.3 Å². The number of hydrogen-bond acceptors (Lipinski definition) is 6. The van der Waals surface area contributed by atoms with Crippen LogP contribution in [0.1, 0.15) is 42.9 Å². The summed E-state index contributed by atoms with van der Waals surface area (Å²) in [4.78, 5) is 15.4. The molecule has 0 bridgehead atoms. The monoisotopic (exact) mass is 341 g/mol. The fraction of sp³-hybridized carbons (Fsp3) is 0.526. The number of aromatic nitrogens is 3. The maximum atomic E-state index is 5.43. The van der Waals surface area contributed by atoms with Crippen LogP contribution in [0.5, 0.6) is 5.75 Å². The SMILES string of the molecule is COc1cnccc1C(C)NC1CCN(c2cc(C)nc(C)n2)CC1. The summed E-state index contributed by atoms with van der Waals surface area (Å²) < 4.78 is 5.43. The molecule has 0 saturated carbocycles. The molecule has 0 spiro atoms. The van der Waals surface area contributed by atoms with Crippen molar-refractivity contribution in [2.45, 2.75) is 45.7 Å². The highest BCUT2D eigenvalue weighted by molar-refractivity contribution is 5.40. The van der Waals surface area contributed by atoms with E-state index < -0.39 is 0 Å². The topological polar surface area (TPSA) is 63.2 Å². The van der Waals surface area contributed by atoms with Gasteiger partial charge in [-0.15, -0.1) is 0 Å². The molecule has 3 rings (SSSR count). The first-order valence-corrected chi connectivity index (χ1v) is 8.88. The molecule has 3 heterocycles. The van der Waals surface area contributed by atoms with Crippen LogP contribution in [0.15, 0.2) is 24.5 Å². The number of pyridine rings is 1. The van der Waals surface area contributed by atoms with Crippen molar-refractivity contribution in [3.05, 3.63) is 41.6 Å². The van der Waals surface area contributed by atoms with Crippen molar-refractivity contribution in [3.8, 4) is 5.75 Å². The van der Waals surface area contributed by atoms with E-state index in [9.17, 15) is 0 Å². The van der Waals surface area contributed by atoms with E-state index in [2.05, 4.69) is 38.2 Å². The largest absolute Gasteiger partial charge is 0.495 e. The molecule has 0 amide bonds. The van der Waals surface area contributed by atoms with Crippen LogP contribution in [-0.2, 0) is 0 Å². The minimum atomic E-state index is 0.234. The van der Waals surface area contributed by atoms with Crippen LogP contribution in [-0.4, -0.2) is 41.2 Å². The Balaban J connectivity index is 1.59. The number of aryl methyl sites for hydroxylation is 2. The first-order valence-electron chi connectivity index (χ1n) is 8.88. The lowest BCUT2D eigenvalue weighted by Crippen LogP contribution is -2.43. The summed E-state index contributed by atoms with van der Waals surface area (Å²) in [5.41, 5.74) is 2.18. The lowest BCUT2D eigenvalue weighted by molar-refractivity contribution is 0.363. The Morgan fingerprint density at radius 3 is 2.68 bits per heavy atom. The maximum absolute atomic E-state index is 5.43. The second-order valence-electron chi connectivity index (χ2n) is 6.68. The molecule has 2 aromatic rings. The zero-order valence-corrected chi connectivity index (χ0v) is 15.5. The number of methoxy groups -OCH3 is 1. The Hall–Kier alpha value is -2.21. The third-order valence-electron chi connectivity index (χ3n) is 4.76. The Bertz CT molecular complexity index is 692. The van der Waals surface area contributed by atoms with E-state index in [0.717, 1.165) is 54.6 Å². The number of nitrogens with zero attached hydrogens (tertiary/aromatic N) is 4. The van der Waals surface area contributed by atoms with Crippen molar-refractivity contribution in [2.75, 3.05) is 25.1 Å². The molecule has 6 heteroatoms. The fourth-order valence-corrected chi connectivity index (χ4v) is 3.50. The highest BCUT2D eigenvalue weighted by atomic mass is 16.5. The van der Waals surface area contributed by atoms with Gasteiger partial charge in [0.05, 0.1) is 13.3 Å². The smallest absolute Gasteiger partial charge is 0.141 e. The quantitative estimate of drug-likeness (QED) is 0.902. The minimum Gasteiger partial charge on any atom is -0.495 e. The van der Waals surface area contributed by atoms with Crippen LogP contribution in [0, 0.1) is 13.8 Å². The van der Waals surface area contributed by atoms with Crippen molar-refractivity contribution in [3.63, 3.8) is 0 Å². The van der Waals surface area contributed by atoms with Crippen molar-refractivity contribution in [1.29, 1.82) is 0 Å². The van der Waals surface area contributed by atoms with Gasteiger partial charge in [-0.25, -0.2) is 9.97 Å².